The van der Waals surface area contributed by atoms with Crippen molar-refractivity contribution in [3.05, 3.63) is 71.3 Å². The standard InChI is InChI=1S/C17H16FN5O/c1-11-2-4-12(5-3-11)10-15(16-20-22-23-21-16)17(24)19-14-8-6-13(18)7-9-14/h2-9,15H,10H2,1H3,(H,19,24)(H,20,21,22,23). The zero-order valence-electron chi connectivity index (χ0n) is 13.0. The van der Waals surface area contributed by atoms with Crippen LogP contribution in [-0.4, -0.2) is 26.5 Å². The molecule has 3 aromatic rings. The molecule has 0 bridgehead atoms. The molecule has 0 radical (unpaired) electrons. The highest BCUT2D eigenvalue weighted by Gasteiger charge is 2.25. The third-order valence-electron chi connectivity index (χ3n) is 3.66. The van der Waals surface area contributed by atoms with Crippen LogP contribution in [-0.2, 0) is 11.2 Å². The van der Waals surface area contributed by atoms with Crippen molar-refractivity contribution in [3.8, 4) is 0 Å². The fraction of sp³-hybridized carbons (Fsp3) is 0.176. The normalized spacial score (nSPS) is 11.9. The lowest BCUT2D eigenvalue weighted by Gasteiger charge is -2.14. The molecule has 2 N–H and O–H groups in total. The summed E-state index contributed by atoms with van der Waals surface area (Å²) in [6, 6.07) is 13.5. The summed E-state index contributed by atoms with van der Waals surface area (Å²) in [4.78, 5) is 12.6. The first-order chi connectivity index (χ1) is 11.6. The highest BCUT2D eigenvalue weighted by molar-refractivity contribution is 5.95. The van der Waals surface area contributed by atoms with E-state index in [2.05, 4.69) is 25.9 Å². The molecule has 1 atom stereocenters. The lowest BCUT2D eigenvalue weighted by molar-refractivity contribution is -0.117. The van der Waals surface area contributed by atoms with E-state index in [1.807, 2.05) is 31.2 Å². The maximum atomic E-state index is 13.0. The van der Waals surface area contributed by atoms with Gasteiger partial charge in [-0.15, -0.1) is 10.2 Å². The topological polar surface area (TPSA) is 83.6 Å². The summed E-state index contributed by atoms with van der Waals surface area (Å²) in [5.74, 6) is -0.919. The number of amides is 1. The zero-order valence-corrected chi connectivity index (χ0v) is 13.0. The second-order valence-corrected chi connectivity index (χ2v) is 5.51. The monoisotopic (exact) mass is 325 g/mol. The molecule has 24 heavy (non-hydrogen) atoms. The Labute approximate surface area is 138 Å². The molecule has 0 saturated carbocycles. The summed E-state index contributed by atoms with van der Waals surface area (Å²) < 4.78 is 13.0. The van der Waals surface area contributed by atoms with Crippen LogP contribution >= 0.6 is 0 Å². The van der Waals surface area contributed by atoms with Crippen molar-refractivity contribution in [2.75, 3.05) is 5.32 Å². The summed E-state index contributed by atoms with van der Waals surface area (Å²) in [6.07, 6.45) is 0.437. The minimum absolute atomic E-state index is 0.274. The number of aromatic nitrogens is 4. The third kappa shape index (κ3) is 3.81. The van der Waals surface area contributed by atoms with E-state index in [9.17, 15) is 9.18 Å². The van der Waals surface area contributed by atoms with Gasteiger partial charge >= 0.3 is 0 Å². The van der Waals surface area contributed by atoms with Crippen molar-refractivity contribution >= 4 is 11.6 Å². The number of hydrogen-bond acceptors (Lipinski definition) is 4. The first-order valence-electron chi connectivity index (χ1n) is 7.47. The molecule has 122 valence electrons. The largest absolute Gasteiger partial charge is 0.325 e. The molecule has 3 rings (SSSR count). The quantitative estimate of drug-likeness (QED) is 0.755. The van der Waals surface area contributed by atoms with Crippen molar-refractivity contribution < 1.29 is 9.18 Å². The molecular formula is C17H16FN5O. The number of aromatic amines is 1. The molecule has 1 amide bonds. The molecule has 0 saturated heterocycles. The van der Waals surface area contributed by atoms with E-state index in [4.69, 9.17) is 0 Å². The lowest BCUT2D eigenvalue weighted by Crippen LogP contribution is -2.24. The smallest absolute Gasteiger partial charge is 0.235 e. The van der Waals surface area contributed by atoms with Crippen molar-refractivity contribution in [1.82, 2.24) is 20.6 Å². The zero-order chi connectivity index (χ0) is 16.9. The van der Waals surface area contributed by atoms with E-state index in [1.165, 1.54) is 24.3 Å². The van der Waals surface area contributed by atoms with Crippen molar-refractivity contribution in [2.45, 2.75) is 19.3 Å². The Morgan fingerprint density at radius 1 is 1.17 bits per heavy atom. The molecule has 0 aliphatic carbocycles. The van der Waals surface area contributed by atoms with Gasteiger partial charge in [-0.3, -0.25) is 4.79 Å². The molecule has 0 fully saturated rings. The maximum Gasteiger partial charge on any atom is 0.235 e. The van der Waals surface area contributed by atoms with Crippen molar-refractivity contribution in [1.29, 1.82) is 0 Å². The van der Waals surface area contributed by atoms with Gasteiger partial charge < -0.3 is 5.32 Å². The van der Waals surface area contributed by atoms with E-state index in [0.717, 1.165) is 11.1 Å². The van der Waals surface area contributed by atoms with Gasteiger partial charge in [-0.05, 0) is 43.2 Å². The summed E-state index contributed by atoms with van der Waals surface area (Å²) in [6.45, 7) is 2.00. The van der Waals surface area contributed by atoms with Crippen LogP contribution in [0.4, 0.5) is 10.1 Å². The predicted octanol–water partition coefficient (Wildman–Crippen LogP) is 2.61. The Balaban J connectivity index is 1.80. The van der Waals surface area contributed by atoms with Crippen molar-refractivity contribution in [3.63, 3.8) is 0 Å². The van der Waals surface area contributed by atoms with Gasteiger partial charge in [-0.25, -0.2) is 4.39 Å². The Bertz CT molecular complexity index is 800. The van der Waals surface area contributed by atoms with E-state index >= 15 is 0 Å². The number of nitrogens with zero attached hydrogens (tertiary/aromatic N) is 3. The van der Waals surface area contributed by atoms with Crippen molar-refractivity contribution in [2.24, 2.45) is 0 Å². The molecule has 1 unspecified atom stereocenters. The fourth-order valence-corrected chi connectivity index (χ4v) is 2.34. The number of carbonyl (C=O) groups excluding carboxylic acids is 1. The van der Waals surface area contributed by atoms with Crippen LogP contribution < -0.4 is 5.32 Å². The van der Waals surface area contributed by atoms with E-state index in [0.29, 0.717) is 17.9 Å². The molecule has 1 heterocycles. The number of carbonyl (C=O) groups is 1. The highest BCUT2D eigenvalue weighted by Crippen LogP contribution is 2.20. The average Bonchev–Trinajstić information content (AvgIpc) is 3.10. The number of rotatable bonds is 5. The van der Waals surface area contributed by atoms with Gasteiger partial charge in [-0.1, -0.05) is 35.0 Å². The molecule has 1 aromatic heterocycles. The summed E-state index contributed by atoms with van der Waals surface area (Å²) in [5, 5.41) is 16.5. The summed E-state index contributed by atoms with van der Waals surface area (Å²) >= 11 is 0. The van der Waals surface area contributed by atoms with E-state index < -0.39 is 5.92 Å². The van der Waals surface area contributed by atoms with Gasteiger partial charge in [0.1, 0.15) is 11.7 Å². The second kappa shape index (κ2) is 6.99. The molecule has 2 aromatic carbocycles. The van der Waals surface area contributed by atoms with Crippen LogP contribution in [0.25, 0.3) is 0 Å². The van der Waals surface area contributed by atoms with Gasteiger partial charge in [0, 0.05) is 5.69 Å². The number of tetrazole rings is 1. The maximum absolute atomic E-state index is 13.0. The SMILES string of the molecule is Cc1ccc(CC(C(=O)Nc2ccc(F)cc2)c2nn[nH]n2)cc1. The Hall–Kier alpha value is -3.09. The van der Waals surface area contributed by atoms with Crippen LogP contribution in [0.1, 0.15) is 22.9 Å². The third-order valence-corrected chi connectivity index (χ3v) is 3.66. The molecule has 0 aliphatic rings. The number of hydrogen-bond donors (Lipinski definition) is 2. The number of anilines is 1. The predicted molar refractivity (Wildman–Crippen MR) is 86.8 cm³/mol. The Morgan fingerprint density at radius 2 is 1.88 bits per heavy atom. The number of benzene rings is 2. The summed E-state index contributed by atoms with van der Waals surface area (Å²) in [5.41, 5.74) is 2.65. The first-order valence-corrected chi connectivity index (χ1v) is 7.47. The first kappa shape index (κ1) is 15.8. The van der Waals surface area contributed by atoms with E-state index in [-0.39, 0.29) is 11.7 Å². The highest BCUT2D eigenvalue weighted by atomic mass is 19.1. The van der Waals surface area contributed by atoms with Gasteiger partial charge in [0.2, 0.25) is 5.91 Å². The molecule has 0 spiro atoms. The van der Waals surface area contributed by atoms with Gasteiger partial charge in [-0.2, -0.15) is 5.21 Å². The fourth-order valence-electron chi connectivity index (χ4n) is 2.34. The van der Waals surface area contributed by atoms with E-state index in [1.54, 1.807) is 0 Å². The van der Waals surface area contributed by atoms with Crippen LogP contribution in [0.3, 0.4) is 0 Å². The molecular weight excluding hydrogens is 309 g/mol. The summed E-state index contributed by atoms with van der Waals surface area (Å²) in [7, 11) is 0. The number of aryl methyl sites for hydroxylation is 1. The van der Waals surface area contributed by atoms with Crippen LogP contribution in [0, 0.1) is 12.7 Å². The molecule has 0 aliphatic heterocycles. The average molecular weight is 325 g/mol. The Morgan fingerprint density at radius 3 is 2.50 bits per heavy atom. The van der Waals surface area contributed by atoms with Crippen LogP contribution in [0.5, 0.6) is 0 Å². The minimum atomic E-state index is -0.600. The number of H-pyrrole nitrogens is 1. The van der Waals surface area contributed by atoms with Gasteiger partial charge in [0.05, 0.1) is 0 Å². The van der Waals surface area contributed by atoms with Gasteiger partial charge in [0.25, 0.3) is 0 Å². The lowest BCUT2D eigenvalue weighted by atomic mass is 9.97. The number of halogens is 1. The van der Waals surface area contributed by atoms with Crippen LogP contribution in [0.15, 0.2) is 48.5 Å². The van der Waals surface area contributed by atoms with Gasteiger partial charge in [0.15, 0.2) is 5.82 Å². The second-order valence-electron chi connectivity index (χ2n) is 5.51. The molecule has 7 heteroatoms. The Kier molecular flexibility index (Phi) is 4.60. The minimum Gasteiger partial charge on any atom is -0.325 e. The number of nitrogens with one attached hydrogen (secondary N) is 2. The van der Waals surface area contributed by atoms with Crippen LogP contribution in [0.2, 0.25) is 0 Å². The molecule has 6 nitrogen and oxygen atoms in total.